The Kier molecular flexibility index (Phi) is 4.94. The van der Waals surface area contributed by atoms with Crippen LogP contribution in [0.3, 0.4) is 0 Å². The van der Waals surface area contributed by atoms with E-state index in [1.807, 2.05) is 31.2 Å². The zero-order valence-electron chi connectivity index (χ0n) is 13.7. The molecule has 0 aliphatic heterocycles. The van der Waals surface area contributed by atoms with E-state index < -0.39 is 0 Å². The lowest BCUT2D eigenvalue weighted by atomic mass is 10.1. The second kappa shape index (κ2) is 7.12. The standard InChI is InChI=1S/C16H21N5O2S/c1-10(15(22)18-12-5-6-12)24-16-20-19-14(21(16)17)9-11-3-7-13(23-2)8-4-11/h3-4,7-8,10,12H,5-6,9,17H2,1-2H3,(H,18,22)/t10-/m0/s1. The smallest absolute Gasteiger partial charge is 0.233 e. The molecule has 8 heteroatoms. The van der Waals surface area contributed by atoms with Gasteiger partial charge in [0.05, 0.1) is 12.4 Å². The Balaban J connectivity index is 1.62. The maximum Gasteiger partial charge on any atom is 0.233 e. The van der Waals surface area contributed by atoms with E-state index in [4.69, 9.17) is 10.6 Å². The van der Waals surface area contributed by atoms with Gasteiger partial charge < -0.3 is 15.9 Å². The van der Waals surface area contributed by atoms with Gasteiger partial charge in [0.1, 0.15) is 5.75 Å². The monoisotopic (exact) mass is 347 g/mol. The van der Waals surface area contributed by atoms with Crippen molar-refractivity contribution < 1.29 is 9.53 Å². The number of methoxy groups -OCH3 is 1. The van der Waals surface area contributed by atoms with Gasteiger partial charge in [-0.2, -0.15) is 0 Å². The van der Waals surface area contributed by atoms with Crippen LogP contribution in [0, 0.1) is 0 Å². The van der Waals surface area contributed by atoms with Gasteiger partial charge in [-0.3, -0.25) is 4.79 Å². The Morgan fingerprint density at radius 1 is 1.42 bits per heavy atom. The summed E-state index contributed by atoms with van der Waals surface area (Å²) in [6.07, 6.45) is 2.71. The summed E-state index contributed by atoms with van der Waals surface area (Å²) < 4.78 is 6.60. The molecule has 0 spiro atoms. The SMILES string of the molecule is COc1ccc(Cc2nnc(S[C@@H](C)C(=O)NC3CC3)n2N)cc1. The van der Waals surface area contributed by atoms with Crippen LogP contribution in [0.2, 0.25) is 0 Å². The first kappa shape index (κ1) is 16.6. The molecular weight excluding hydrogens is 326 g/mol. The molecule has 7 nitrogen and oxygen atoms in total. The number of carbonyl (C=O) groups is 1. The molecule has 1 aromatic carbocycles. The summed E-state index contributed by atoms with van der Waals surface area (Å²) in [5.74, 6) is 7.56. The van der Waals surface area contributed by atoms with Crippen molar-refractivity contribution in [3.05, 3.63) is 35.7 Å². The van der Waals surface area contributed by atoms with E-state index in [1.54, 1.807) is 7.11 Å². The Morgan fingerprint density at radius 2 is 2.12 bits per heavy atom. The molecule has 1 fully saturated rings. The summed E-state index contributed by atoms with van der Waals surface area (Å²) in [6.45, 7) is 1.85. The van der Waals surface area contributed by atoms with Crippen LogP contribution in [-0.2, 0) is 11.2 Å². The molecule has 1 amide bonds. The summed E-state index contributed by atoms with van der Waals surface area (Å²) in [5, 5.41) is 11.5. The number of aromatic nitrogens is 3. The molecule has 2 aromatic rings. The minimum atomic E-state index is -0.258. The number of hydrogen-bond donors (Lipinski definition) is 2. The van der Waals surface area contributed by atoms with Crippen molar-refractivity contribution in [3.63, 3.8) is 0 Å². The van der Waals surface area contributed by atoms with Crippen molar-refractivity contribution in [2.24, 2.45) is 0 Å². The largest absolute Gasteiger partial charge is 0.497 e. The average Bonchev–Trinajstić information content (AvgIpc) is 3.34. The van der Waals surface area contributed by atoms with Gasteiger partial charge in [0.25, 0.3) is 0 Å². The molecule has 1 saturated carbocycles. The Hall–Kier alpha value is -2.22. The van der Waals surface area contributed by atoms with E-state index in [1.165, 1.54) is 16.4 Å². The molecule has 1 atom stereocenters. The van der Waals surface area contributed by atoms with Gasteiger partial charge in [0, 0.05) is 12.5 Å². The minimum Gasteiger partial charge on any atom is -0.497 e. The van der Waals surface area contributed by atoms with Gasteiger partial charge in [-0.05, 0) is 37.5 Å². The van der Waals surface area contributed by atoms with Crippen molar-refractivity contribution in [3.8, 4) is 5.75 Å². The number of amides is 1. The van der Waals surface area contributed by atoms with E-state index in [0.717, 1.165) is 24.2 Å². The van der Waals surface area contributed by atoms with Crippen molar-refractivity contribution >= 4 is 17.7 Å². The van der Waals surface area contributed by atoms with Gasteiger partial charge >= 0.3 is 0 Å². The normalized spacial score (nSPS) is 15.1. The topological polar surface area (TPSA) is 95.1 Å². The number of benzene rings is 1. The third kappa shape index (κ3) is 4.00. The molecule has 24 heavy (non-hydrogen) atoms. The van der Waals surface area contributed by atoms with Gasteiger partial charge in [0.2, 0.25) is 11.1 Å². The molecule has 0 saturated heterocycles. The van der Waals surface area contributed by atoms with E-state index in [9.17, 15) is 4.79 Å². The zero-order chi connectivity index (χ0) is 17.1. The number of rotatable bonds is 7. The van der Waals surface area contributed by atoms with Crippen LogP contribution in [-0.4, -0.2) is 39.2 Å². The van der Waals surface area contributed by atoms with Crippen LogP contribution >= 0.6 is 11.8 Å². The quantitative estimate of drug-likeness (QED) is 0.580. The van der Waals surface area contributed by atoms with E-state index in [0.29, 0.717) is 23.4 Å². The van der Waals surface area contributed by atoms with Crippen molar-refractivity contribution in [2.75, 3.05) is 13.0 Å². The van der Waals surface area contributed by atoms with Crippen molar-refractivity contribution in [1.82, 2.24) is 20.2 Å². The van der Waals surface area contributed by atoms with Gasteiger partial charge in [-0.1, -0.05) is 23.9 Å². The molecule has 0 bridgehead atoms. The molecule has 1 aliphatic rings. The number of nitrogens with two attached hydrogens (primary N) is 1. The molecule has 3 N–H and O–H groups in total. The molecule has 1 heterocycles. The highest BCUT2D eigenvalue weighted by Gasteiger charge is 2.27. The van der Waals surface area contributed by atoms with Crippen LogP contribution in [0.25, 0.3) is 0 Å². The fraction of sp³-hybridized carbons (Fsp3) is 0.438. The molecule has 128 valence electrons. The van der Waals surface area contributed by atoms with Gasteiger partial charge in [-0.25, -0.2) is 4.68 Å². The van der Waals surface area contributed by atoms with Crippen LogP contribution in [0.1, 0.15) is 31.2 Å². The highest BCUT2D eigenvalue weighted by atomic mass is 32.2. The maximum atomic E-state index is 12.0. The van der Waals surface area contributed by atoms with Crippen LogP contribution in [0.15, 0.2) is 29.4 Å². The number of nitrogens with zero attached hydrogens (tertiary/aromatic N) is 3. The lowest BCUT2D eigenvalue weighted by Crippen LogP contribution is -2.32. The number of carbonyl (C=O) groups excluding carboxylic acids is 1. The fourth-order valence-electron chi connectivity index (χ4n) is 2.19. The van der Waals surface area contributed by atoms with E-state index in [-0.39, 0.29) is 11.2 Å². The predicted molar refractivity (Wildman–Crippen MR) is 92.5 cm³/mol. The van der Waals surface area contributed by atoms with Gasteiger partial charge in [0.15, 0.2) is 5.82 Å². The summed E-state index contributed by atoms with van der Waals surface area (Å²) >= 11 is 1.32. The molecule has 0 radical (unpaired) electrons. The van der Waals surface area contributed by atoms with E-state index >= 15 is 0 Å². The Morgan fingerprint density at radius 3 is 2.75 bits per heavy atom. The zero-order valence-corrected chi connectivity index (χ0v) is 14.5. The van der Waals surface area contributed by atoms with E-state index in [2.05, 4.69) is 15.5 Å². The third-order valence-electron chi connectivity index (χ3n) is 3.83. The van der Waals surface area contributed by atoms with Crippen molar-refractivity contribution in [2.45, 2.75) is 42.6 Å². The van der Waals surface area contributed by atoms with Crippen LogP contribution in [0.4, 0.5) is 0 Å². The molecule has 1 aromatic heterocycles. The first-order chi connectivity index (χ1) is 11.6. The Labute approximate surface area is 144 Å². The maximum absolute atomic E-state index is 12.0. The highest BCUT2D eigenvalue weighted by Crippen LogP contribution is 2.24. The predicted octanol–water partition coefficient (Wildman–Crippen LogP) is 1.35. The number of ether oxygens (including phenoxy) is 1. The van der Waals surface area contributed by atoms with Crippen molar-refractivity contribution in [1.29, 1.82) is 0 Å². The summed E-state index contributed by atoms with van der Waals surface area (Å²) in [4.78, 5) is 12.0. The van der Waals surface area contributed by atoms with Crippen LogP contribution < -0.4 is 15.9 Å². The number of nitrogens with one attached hydrogen (secondary N) is 1. The molecule has 0 unspecified atom stereocenters. The summed E-state index contributed by atoms with van der Waals surface area (Å²) in [5.41, 5.74) is 1.06. The second-order valence-electron chi connectivity index (χ2n) is 5.84. The first-order valence-electron chi connectivity index (χ1n) is 7.86. The number of hydrogen-bond acceptors (Lipinski definition) is 6. The molecular formula is C16H21N5O2S. The average molecular weight is 347 g/mol. The minimum absolute atomic E-state index is 0.0159. The second-order valence-corrected chi connectivity index (χ2v) is 7.14. The number of nitrogen functional groups attached to an aromatic ring is 1. The first-order valence-corrected chi connectivity index (χ1v) is 8.74. The fourth-order valence-corrected chi connectivity index (χ4v) is 2.99. The summed E-state index contributed by atoms with van der Waals surface area (Å²) in [6, 6.07) is 8.07. The summed E-state index contributed by atoms with van der Waals surface area (Å²) in [7, 11) is 1.63. The third-order valence-corrected chi connectivity index (χ3v) is 4.89. The lowest BCUT2D eigenvalue weighted by molar-refractivity contribution is -0.120. The number of thioether (sulfide) groups is 1. The lowest BCUT2D eigenvalue weighted by Gasteiger charge is -2.10. The molecule has 3 rings (SSSR count). The Bertz CT molecular complexity index is 712. The molecule has 1 aliphatic carbocycles. The highest BCUT2D eigenvalue weighted by molar-refractivity contribution is 8.00. The van der Waals surface area contributed by atoms with Gasteiger partial charge in [-0.15, -0.1) is 10.2 Å². The van der Waals surface area contributed by atoms with Crippen LogP contribution in [0.5, 0.6) is 5.75 Å².